The van der Waals surface area contributed by atoms with Crippen molar-refractivity contribution in [3.8, 4) is 0 Å². The van der Waals surface area contributed by atoms with Crippen LogP contribution in [-0.2, 0) is 10.9 Å². The second kappa shape index (κ2) is 5.32. The Morgan fingerprint density at radius 2 is 2.28 bits per heavy atom. The maximum Gasteiger partial charge on any atom is 0.417 e. The van der Waals surface area contributed by atoms with Gasteiger partial charge in [-0.05, 0) is 18.9 Å². The Kier molecular flexibility index (Phi) is 3.97. The molecule has 1 saturated heterocycles. The molecule has 0 radical (unpaired) electrons. The number of ether oxygens (including phenoxy) is 1. The molecule has 7 heteroatoms. The Balaban J connectivity index is 2.01. The number of hydrogen-bond donors (Lipinski definition) is 1. The van der Waals surface area contributed by atoms with Gasteiger partial charge in [-0.25, -0.2) is 4.98 Å². The van der Waals surface area contributed by atoms with Crippen LogP contribution in [0.3, 0.4) is 0 Å². The summed E-state index contributed by atoms with van der Waals surface area (Å²) in [6.45, 7) is 1.22. The summed E-state index contributed by atoms with van der Waals surface area (Å²) in [4.78, 5) is 3.69. The first-order chi connectivity index (χ1) is 8.47. The van der Waals surface area contributed by atoms with Gasteiger partial charge in [-0.3, -0.25) is 0 Å². The monoisotopic (exact) mass is 280 g/mol. The van der Waals surface area contributed by atoms with Crippen LogP contribution in [0.2, 0.25) is 5.02 Å². The van der Waals surface area contributed by atoms with Crippen LogP contribution in [0.1, 0.15) is 18.4 Å². The van der Waals surface area contributed by atoms with Gasteiger partial charge < -0.3 is 10.1 Å². The van der Waals surface area contributed by atoms with Crippen molar-refractivity contribution in [2.24, 2.45) is 0 Å². The molecule has 1 aliphatic heterocycles. The summed E-state index contributed by atoms with van der Waals surface area (Å²) in [5, 5.41) is 2.86. The zero-order chi connectivity index (χ0) is 13.2. The van der Waals surface area contributed by atoms with Gasteiger partial charge in [0.1, 0.15) is 5.82 Å². The molecule has 0 saturated carbocycles. The molecular formula is C11H12ClF3N2O. The summed E-state index contributed by atoms with van der Waals surface area (Å²) in [5.74, 6) is 0.250. The van der Waals surface area contributed by atoms with Crippen LogP contribution in [-0.4, -0.2) is 24.2 Å². The second-order valence-electron chi connectivity index (χ2n) is 4.07. The Labute approximate surface area is 107 Å². The van der Waals surface area contributed by atoms with E-state index in [2.05, 4.69) is 10.3 Å². The van der Waals surface area contributed by atoms with E-state index in [1.54, 1.807) is 0 Å². The highest BCUT2D eigenvalue weighted by Gasteiger charge is 2.31. The normalized spacial score (nSPS) is 20.1. The molecule has 100 valence electrons. The predicted octanol–water partition coefficient (Wildman–Crippen LogP) is 3.34. The molecule has 1 aromatic heterocycles. The number of hydrogen-bond acceptors (Lipinski definition) is 3. The van der Waals surface area contributed by atoms with E-state index < -0.39 is 11.7 Å². The molecule has 0 unspecified atom stereocenters. The number of alkyl halides is 3. The average molecular weight is 281 g/mol. The maximum absolute atomic E-state index is 12.4. The lowest BCUT2D eigenvalue weighted by Gasteiger charge is -2.13. The minimum Gasteiger partial charge on any atom is -0.376 e. The van der Waals surface area contributed by atoms with Crippen LogP contribution in [0.5, 0.6) is 0 Å². The van der Waals surface area contributed by atoms with Crippen LogP contribution >= 0.6 is 11.6 Å². The lowest BCUT2D eigenvalue weighted by molar-refractivity contribution is -0.137. The average Bonchev–Trinajstić information content (AvgIpc) is 2.79. The molecule has 1 fully saturated rings. The summed E-state index contributed by atoms with van der Waals surface area (Å²) in [5.41, 5.74) is -0.852. The number of halogens is 4. The van der Waals surface area contributed by atoms with Crippen molar-refractivity contribution in [2.75, 3.05) is 18.5 Å². The number of anilines is 1. The first kappa shape index (κ1) is 13.4. The standard InChI is InChI=1S/C11H12ClF3N2O/c12-9-4-7(11(13,14)15)5-16-10(9)17-6-8-2-1-3-18-8/h4-5,8H,1-3,6H2,(H,16,17)/t8-/m0/s1. The Morgan fingerprint density at radius 1 is 1.50 bits per heavy atom. The van der Waals surface area contributed by atoms with E-state index in [-0.39, 0.29) is 16.9 Å². The van der Waals surface area contributed by atoms with Crippen LogP contribution in [0.4, 0.5) is 19.0 Å². The van der Waals surface area contributed by atoms with Gasteiger partial charge in [0.2, 0.25) is 0 Å². The Bertz CT molecular complexity index is 419. The molecule has 1 atom stereocenters. The van der Waals surface area contributed by atoms with Crippen molar-refractivity contribution in [2.45, 2.75) is 25.1 Å². The molecule has 2 rings (SSSR count). The molecule has 0 spiro atoms. The van der Waals surface area contributed by atoms with Gasteiger partial charge in [0, 0.05) is 19.3 Å². The molecule has 1 aromatic rings. The highest BCUT2D eigenvalue weighted by Crippen LogP contribution is 2.32. The summed E-state index contributed by atoms with van der Waals surface area (Å²) >= 11 is 5.76. The van der Waals surface area contributed by atoms with E-state index >= 15 is 0 Å². The molecule has 1 aliphatic rings. The van der Waals surface area contributed by atoms with Crippen molar-refractivity contribution in [3.63, 3.8) is 0 Å². The van der Waals surface area contributed by atoms with Gasteiger partial charge in [0.15, 0.2) is 0 Å². The van der Waals surface area contributed by atoms with E-state index in [1.807, 2.05) is 0 Å². The minimum atomic E-state index is -4.43. The molecule has 0 aromatic carbocycles. The van der Waals surface area contributed by atoms with E-state index in [0.29, 0.717) is 6.54 Å². The van der Waals surface area contributed by atoms with Gasteiger partial charge >= 0.3 is 6.18 Å². The Hall–Kier alpha value is -1.01. The van der Waals surface area contributed by atoms with Crippen molar-refractivity contribution >= 4 is 17.4 Å². The third kappa shape index (κ3) is 3.26. The third-order valence-electron chi connectivity index (χ3n) is 2.69. The van der Waals surface area contributed by atoms with Gasteiger partial charge in [-0.1, -0.05) is 11.6 Å². The van der Waals surface area contributed by atoms with Crippen LogP contribution in [0, 0.1) is 0 Å². The maximum atomic E-state index is 12.4. The molecule has 0 aliphatic carbocycles. The highest BCUT2D eigenvalue weighted by molar-refractivity contribution is 6.32. The molecule has 2 heterocycles. The highest BCUT2D eigenvalue weighted by atomic mass is 35.5. The molecule has 1 N–H and O–H groups in total. The Morgan fingerprint density at radius 3 is 2.83 bits per heavy atom. The van der Waals surface area contributed by atoms with Crippen molar-refractivity contribution < 1.29 is 17.9 Å². The van der Waals surface area contributed by atoms with Crippen molar-refractivity contribution in [1.29, 1.82) is 0 Å². The molecular weight excluding hydrogens is 269 g/mol. The summed E-state index contributed by atoms with van der Waals surface area (Å²) < 4.78 is 42.6. The topological polar surface area (TPSA) is 34.2 Å². The van der Waals surface area contributed by atoms with Crippen LogP contribution in [0.15, 0.2) is 12.3 Å². The zero-order valence-electron chi connectivity index (χ0n) is 9.43. The third-order valence-corrected chi connectivity index (χ3v) is 2.98. The first-order valence-electron chi connectivity index (χ1n) is 5.55. The zero-order valence-corrected chi connectivity index (χ0v) is 10.2. The van der Waals surface area contributed by atoms with Gasteiger partial charge in [-0.2, -0.15) is 13.2 Å². The van der Waals surface area contributed by atoms with E-state index in [1.165, 1.54) is 0 Å². The largest absolute Gasteiger partial charge is 0.417 e. The molecule has 18 heavy (non-hydrogen) atoms. The number of nitrogens with one attached hydrogen (secondary N) is 1. The fraction of sp³-hybridized carbons (Fsp3) is 0.545. The van der Waals surface area contributed by atoms with Crippen LogP contribution in [0.25, 0.3) is 0 Å². The quantitative estimate of drug-likeness (QED) is 0.922. The van der Waals surface area contributed by atoms with Crippen molar-refractivity contribution in [3.05, 3.63) is 22.8 Å². The summed E-state index contributed by atoms with van der Waals surface area (Å²) in [7, 11) is 0. The summed E-state index contributed by atoms with van der Waals surface area (Å²) in [6, 6.07) is 0.867. The van der Waals surface area contributed by atoms with E-state index in [4.69, 9.17) is 16.3 Å². The lowest BCUT2D eigenvalue weighted by atomic mass is 10.2. The van der Waals surface area contributed by atoms with E-state index in [9.17, 15) is 13.2 Å². The fourth-order valence-corrected chi connectivity index (χ4v) is 1.97. The number of aromatic nitrogens is 1. The van der Waals surface area contributed by atoms with Crippen molar-refractivity contribution in [1.82, 2.24) is 4.98 Å². The minimum absolute atomic E-state index is 0.0391. The molecule has 0 amide bonds. The number of rotatable bonds is 3. The smallest absolute Gasteiger partial charge is 0.376 e. The van der Waals surface area contributed by atoms with Gasteiger partial charge in [0.25, 0.3) is 0 Å². The molecule has 3 nitrogen and oxygen atoms in total. The SMILES string of the molecule is FC(F)(F)c1cnc(NC[C@@H]2CCCO2)c(Cl)c1. The van der Waals surface area contributed by atoms with Crippen LogP contribution < -0.4 is 5.32 Å². The fourth-order valence-electron chi connectivity index (χ4n) is 1.74. The van der Waals surface area contributed by atoms with Gasteiger partial charge in [0.05, 0.1) is 16.7 Å². The van der Waals surface area contributed by atoms with E-state index in [0.717, 1.165) is 31.7 Å². The van der Waals surface area contributed by atoms with Gasteiger partial charge in [-0.15, -0.1) is 0 Å². The second-order valence-corrected chi connectivity index (χ2v) is 4.48. The number of nitrogens with zero attached hydrogens (tertiary/aromatic N) is 1. The lowest BCUT2D eigenvalue weighted by Crippen LogP contribution is -2.19. The number of pyridine rings is 1. The summed E-state index contributed by atoms with van der Waals surface area (Å²) in [6.07, 6.45) is -1.65. The first-order valence-corrected chi connectivity index (χ1v) is 5.93. The predicted molar refractivity (Wildman–Crippen MR) is 61.7 cm³/mol. The molecule has 0 bridgehead atoms.